The number of ether oxygens (including phenoxy) is 3. The molecule has 174 valence electrons. The average Bonchev–Trinajstić information content (AvgIpc) is 2.72. The highest BCUT2D eigenvalue weighted by Crippen LogP contribution is 2.31. The van der Waals surface area contributed by atoms with E-state index in [0.29, 0.717) is 31.4 Å². The Hall–Kier alpha value is -2.34. The molecule has 6 nitrogen and oxygen atoms in total. The Morgan fingerprint density at radius 2 is 1.68 bits per heavy atom. The number of hydrogen-bond donors (Lipinski definition) is 1. The van der Waals surface area contributed by atoms with Gasteiger partial charge in [-0.05, 0) is 42.9 Å². The maximum Gasteiger partial charge on any atom is 0.307 e. The van der Waals surface area contributed by atoms with Crippen molar-refractivity contribution in [2.75, 3.05) is 27.4 Å². The number of methoxy groups -OCH3 is 2. The van der Waals surface area contributed by atoms with Crippen molar-refractivity contribution in [1.29, 1.82) is 0 Å². The van der Waals surface area contributed by atoms with Gasteiger partial charge in [0.2, 0.25) is 0 Å². The third-order valence-corrected chi connectivity index (χ3v) is 5.30. The van der Waals surface area contributed by atoms with Gasteiger partial charge in [0.05, 0.1) is 23.7 Å². The molecule has 1 N–H and O–H groups in total. The second-order valence-corrected chi connectivity index (χ2v) is 8.30. The number of aliphatic carboxylic acids is 1. The zero-order chi connectivity index (χ0) is 25.9. The smallest absolute Gasteiger partial charge is 0.307 e. The van der Waals surface area contributed by atoms with Crippen LogP contribution in [0.2, 0.25) is 0 Å². The van der Waals surface area contributed by atoms with Crippen LogP contribution < -0.4 is 9.47 Å². The summed E-state index contributed by atoms with van der Waals surface area (Å²) in [7, 11) is -1.07. The molecule has 0 heterocycles. The lowest BCUT2D eigenvalue weighted by molar-refractivity contribution is -0.143. The van der Waals surface area contributed by atoms with Crippen molar-refractivity contribution in [3.8, 4) is 11.5 Å². The van der Waals surface area contributed by atoms with E-state index < -0.39 is 18.9 Å². The number of carboxylic acids is 1. The highest BCUT2D eigenvalue weighted by Gasteiger charge is 2.24. The van der Waals surface area contributed by atoms with Crippen molar-refractivity contribution in [2.45, 2.75) is 47.0 Å². The first-order chi connectivity index (χ1) is 15.9. The number of carboxylic acid groups (broad SMARTS) is 1. The molecule has 0 aliphatic rings. The Kier molecular flexibility index (Phi) is 9.78. The van der Waals surface area contributed by atoms with E-state index in [1.807, 2.05) is 39.8 Å². The second kappa shape index (κ2) is 13.9. The molecule has 1 aromatic carbocycles. The number of carbonyl (C=O) groups excluding carboxylic acids is 1. The van der Waals surface area contributed by atoms with Crippen LogP contribution in [-0.4, -0.2) is 44.2 Å². The van der Waals surface area contributed by atoms with Crippen molar-refractivity contribution in [1.82, 2.24) is 0 Å². The molecular formula is C25H38O6. The summed E-state index contributed by atoms with van der Waals surface area (Å²) in [5.41, 5.74) is 0.400. The maximum atomic E-state index is 13.3. The third kappa shape index (κ3) is 8.74. The first-order valence-corrected chi connectivity index (χ1v) is 10.7. The highest BCUT2D eigenvalue weighted by atomic mass is 16.5. The van der Waals surface area contributed by atoms with E-state index in [1.54, 1.807) is 13.2 Å². The van der Waals surface area contributed by atoms with Crippen LogP contribution >= 0.6 is 0 Å². The summed E-state index contributed by atoms with van der Waals surface area (Å²) in [5.74, 6) is -1.42. The van der Waals surface area contributed by atoms with Crippen molar-refractivity contribution < 1.29 is 33.0 Å². The number of allylic oxidation sites excluding steroid dienone is 2. The summed E-state index contributed by atoms with van der Waals surface area (Å²) < 4.78 is 37.9. The van der Waals surface area contributed by atoms with E-state index >= 15 is 0 Å². The lowest BCUT2D eigenvalue weighted by Gasteiger charge is -2.19. The molecule has 1 rings (SSSR count). The number of ketones is 1. The fourth-order valence-electron chi connectivity index (χ4n) is 3.28. The quantitative estimate of drug-likeness (QED) is 0.229. The van der Waals surface area contributed by atoms with E-state index in [1.165, 1.54) is 12.1 Å². The Morgan fingerprint density at radius 1 is 1.03 bits per heavy atom. The van der Waals surface area contributed by atoms with Crippen LogP contribution in [-0.2, 0) is 9.53 Å². The molecule has 0 aromatic heterocycles. The van der Waals surface area contributed by atoms with Crippen molar-refractivity contribution in [3.05, 3.63) is 35.9 Å². The molecule has 0 bridgehead atoms. The molecule has 0 spiro atoms. The molecule has 0 fully saturated rings. The lowest BCUT2D eigenvalue weighted by Crippen LogP contribution is -2.20. The normalized spacial score (nSPS) is 15.4. The van der Waals surface area contributed by atoms with E-state index in [2.05, 4.69) is 0 Å². The minimum Gasteiger partial charge on any atom is -0.493 e. The Labute approximate surface area is 190 Å². The van der Waals surface area contributed by atoms with Crippen molar-refractivity contribution >= 4 is 11.8 Å². The molecule has 0 saturated carbocycles. The van der Waals surface area contributed by atoms with Crippen LogP contribution in [0.5, 0.6) is 11.5 Å². The van der Waals surface area contributed by atoms with Crippen LogP contribution in [0, 0.1) is 23.7 Å². The van der Waals surface area contributed by atoms with E-state index in [4.69, 9.17) is 18.3 Å². The molecule has 0 radical (unpaired) electrons. The van der Waals surface area contributed by atoms with Crippen LogP contribution in [0.1, 0.15) is 61.4 Å². The summed E-state index contributed by atoms with van der Waals surface area (Å²) >= 11 is 0. The third-order valence-electron chi connectivity index (χ3n) is 5.30. The van der Waals surface area contributed by atoms with Gasteiger partial charge < -0.3 is 19.3 Å². The zero-order valence-electron chi connectivity index (χ0n) is 22.2. The highest BCUT2D eigenvalue weighted by molar-refractivity contribution is 5.98. The summed E-state index contributed by atoms with van der Waals surface area (Å²) in [6, 6.07) is 4.51. The van der Waals surface area contributed by atoms with Gasteiger partial charge >= 0.3 is 5.97 Å². The number of Topliss-reactive ketones (excluding diaryl/α,β-unsaturated/α-hetero) is 1. The number of carbonyl (C=O) groups is 2. The molecule has 2 atom stereocenters. The lowest BCUT2D eigenvalue weighted by atomic mass is 9.84. The molecule has 1 aromatic rings. The minimum atomic E-state index is -2.65. The number of benzene rings is 1. The Morgan fingerprint density at radius 3 is 2.23 bits per heavy atom. The molecule has 0 aliphatic heterocycles. The van der Waals surface area contributed by atoms with Crippen molar-refractivity contribution in [2.24, 2.45) is 23.7 Å². The molecule has 31 heavy (non-hydrogen) atoms. The monoisotopic (exact) mass is 437 g/mol. The Balaban J connectivity index is 3.04. The van der Waals surface area contributed by atoms with Gasteiger partial charge in [0.25, 0.3) is 0 Å². The molecule has 6 heteroatoms. The topological polar surface area (TPSA) is 82.1 Å². The van der Waals surface area contributed by atoms with Gasteiger partial charge in [0, 0.05) is 31.6 Å². The summed E-state index contributed by atoms with van der Waals surface area (Å²) in [6.07, 6.45) is 5.17. The van der Waals surface area contributed by atoms with Gasteiger partial charge in [-0.2, -0.15) is 0 Å². The van der Waals surface area contributed by atoms with Crippen LogP contribution in [0.4, 0.5) is 0 Å². The van der Waals surface area contributed by atoms with Gasteiger partial charge in [-0.3, -0.25) is 9.59 Å². The zero-order valence-corrected chi connectivity index (χ0v) is 19.2. The molecular weight excluding hydrogens is 396 g/mol. The second-order valence-electron chi connectivity index (χ2n) is 8.30. The van der Waals surface area contributed by atoms with Gasteiger partial charge in [0.15, 0.2) is 17.3 Å². The predicted molar refractivity (Wildman–Crippen MR) is 122 cm³/mol. The van der Waals surface area contributed by atoms with Gasteiger partial charge in [-0.15, -0.1) is 0 Å². The first kappa shape index (κ1) is 21.9. The fraction of sp³-hybridized carbons (Fsp3) is 0.600. The fourth-order valence-corrected chi connectivity index (χ4v) is 3.28. The predicted octanol–water partition coefficient (Wildman–Crippen LogP) is 5.26. The van der Waals surface area contributed by atoms with Gasteiger partial charge in [0.1, 0.15) is 0 Å². The molecule has 0 aliphatic carbocycles. The number of rotatable bonds is 15. The van der Waals surface area contributed by atoms with Crippen LogP contribution in [0.15, 0.2) is 30.4 Å². The molecule has 0 saturated heterocycles. The molecule has 1 unspecified atom stereocenters. The van der Waals surface area contributed by atoms with Gasteiger partial charge in [-0.1, -0.05) is 39.8 Å². The SMILES string of the molecule is [2H]C([2H])([2H])Oc1ccc(C(=O)C(C/C=C/C[C@H](C(=O)O)C(C)C)C(C)C)cc1OCCCOC. The maximum absolute atomic E-state index is 13.3. The van der Waals surface area contributed by atoms with Gasteiger partial charge in [-0.25, -0.2) is 0 Å². The average molecular weight is 438 g/mol. The first-order valence-electron chi connectivity index (χ1n) is 12.2. The van der Waals surface area contributed by atoms with Crippen LogP contribution in [0.3, 0.4) is 0 Å². The van der Waals surface area contributed by atoms with Crippen LogP contribution in [0.25, 0.3) is 0 Å². The minimum absolute atomic E-state index is 0.0163. The van der Waals surface area contributed by atoms with E-state index in [-0.39, 0.29) is 41.6 Å². The number of hydrogen-bond acceptors (Lipinski definition) is 5. The van der Waals surface area contributed by atoms with E-state index in [9.17, 15) is 14.7 Å². The Bertz CT molecular complexity index is 817. The summed E-state index contributed by atoms with van der Waals surface area (Å²) in [5, 5.41) is 9.34. The summed E-state index contributed by atoms with van der Waals surface area (Å²) in [4.78, 5) is 24.7. The molecule has 0 amide bonds. The summed E-state index contributed by atoms with van der Waals surface area (Å²) in [6.45, 7) is 8.43. The largest absolute Gasteiger partial charge is 0.493 e. The standard InChI is InChI=1S/C25H38O6/c1-17(2)20(10-7-8-11-21(18(3)4)25(27)28)24(26)19-12-13-22(30-6)23(16-19)31-15-9-14-29-5/h7-8,12-13,16-18,20-21H,9-11,14-15H2,1-6H3,(H,27,28)/b8-7+/t20?,21-/m0/s1/i6D3. The van der Waals surface area contributed by atoms with Crippen molar-refractivity contribution in [3.63, 3.8) is 0 Å². The van der Waals surface area contributed by atoms with E-state index in [0.717, 1.165) is 0 Å².